The van der Waals surface area contributed by atoms with E-state index in [2.05, 4.69) is 9.97 Å². The summed E-state index contributed by atoms with van der Waals surface area (Å²) in [4.78, 5) is 20.0. The molecule has 0 saturated carbocycles. The number of hydrogen-bond acceptors (Lipinski definition) is 6. The Labute approximate surface area is 148 Å². The van der Waals surface area contributed by atoms with E-state index in [-0.39, 0.29) is 22.5 Å². The predicted molar refractivity (Wildman–Crippen MR) is 90.2 cm³/mol. The molecule has 1 atom stereocenters. The monoisotopic (exact) mass is 368 g/mol. The Hall–Kier alpha value is -2.22. The highest BCUT2D eigenvalue weighted by molar-refractivity contribution is 8.00. The quantitative estimate of drug-likeness (QED) is 0.424. The summed E-state index contributed by atoms with van der Waals surface area (Å²) in [7, 11) is 2.89. The highest BCUT2D eigenvalue weighted by atomic mass is 32.2. The number of nitrogens with zero attached hydrogens (tertiary/aromatic N) is 2. The summed E-state index contributed by atoms with van der Waals surface area (Å²) < 4.78 is 37.9. The standard InChI is InChI=1S/C17H18F2N2O3S/c1-17(2,11-7-10(18)5-6-12(11)19)13(9-22)25-16-20-14(23-3)8-15(21-16)24-4/h5-9,13H,1-4H3. The van der Waals surface area contributed by atoms with Crippen LogP contribution in [0.25, 0.3) is 0 Å². The van der Waals surface area contributed by atoms with Gasteiger partial charge >= 0.3 is 0 Å². The van der Waals surface area contributed by atoms with Crippen molar-refractivity contribution in [1.82, 2.24) is 9.97 Å². The van der Waals surface area contributed by atoms with Crippen molar-refractivity contribution in [3.63, 3.8) is 0 Å². The topological polar surface area (TPSA) is 61.3 Å². The first-order valence-corrected chi connectivity index (χ1v) is 8.24. The van der Waals surface area contributed by atoms with Crippen molar-refractivity contribution in [3.8, 4) is 11.8 Å². The summed E-state index contributed by atoms with van der Waals surface area (Å²) in [5, 5.41) is -0.529. The molecule has 8 heteroatoms. The molecule has 2 rings (SSSR count). The van der Waals surface area contributed by atoms with Gasteiger partial charge in [-0.25, -0.2) is 8.78 Å². The van der Waals surface area contributed by atoms with Gasteiger partial charge in [-0.3, -0.25) is 0 Å². The number of carbonyl (C=O) groups is 1. The second-order valence-electron chi connectivity index (χ2n) is 5.76. The molecule has 1 aromatic carbocycles. The number of ether oxygens (including phenoxy) is 2. The molecule has 0 amide bonds. The van der Waals surface area contributed by atoms with Gasteiger partial charge in [-0.2, -0.15) is 9.97 Å². The Morgan fingerprint density at radius 2 is 1.72 bits per heavy atom. The number of carbonyl (C=O) groups excluding carboxylic acids is 1. The van der Waals surface area contributed by atoms with E-state index in [9.17, 15) is 13.6 Å². The number of hydrogen-bond donors (Lipinski definition) is 0. The Morgan fingerprint density at radius 3 is 2.24 bits per heavy atom. The summed E-state index contributed by atoms with van der Waals surface area (Å²) in [5.74, 6) is -0.608. The minimum absolute atomic E-state index is 0.104. The fraction of sp³-hybridized carbons (Fsp3) is 0.353. The highest BCUT2D eigenvalue weighted by Crippen LogP contribution is 2.38. The van der Waals surface area contributed by atoms with Crippen molar-refractivity contribution in [2.24, 2.45) is 0 Å². The molecule has 0 radical (unpaired) electrons. The second kappa shape index (κ2) is 7.77. The summed E-state index contributed by atoms with van der Waals surface area (Å²) in [5.41, 5.74) is -0.898. The van der Waals surface area contributed by atoms with Gasteiger partial charge in [-0.05, 0) is 23.8 Å². The van der Waals surface area contributed by atoms with Gasteiger partial charge < -0.3 is 14.3 Å². The fourth-order valence-corrected chi connectivity index (χ4v) is 3.24. The van der Waals surface area contributed by atoms with Crippen molar-refractivity contribution < 1.29 is 23.0 Å². The maximum absolute atomic E-state index is 14.2. The number of aldehydes is 1. The third-order valence-electron chi connectivity index (χ3n) is 3.77. The summed E-state index contributed by atoms with van der Waals surface area (Å²) >= 11 is 1.02. The number of halogens is 2. The van der Waals surface area contributed by atoms with Crippen LogP contribution < -0.4 is 9.47 Å². The van der Waals surface area contributed by atoms with Crippen LogP contribution in [0.5, 0.6) is 11.8 Å². The average molecular weight is 368 g/mol. The van der Waals surface area contributed by atoms with Crippen molar-refractivity contribution in [1.29, 1.82) is 0 Å². The third kappa shape index (κ3) is 4.25. The van der Waals surface area contributed by atoms with E-state index in [1.807, 2.05) is 0 Å². The molecular formula is C17H18F2N2O3S. The first kappa shape index (κ1) is 19.1. The van der Waals surface area contributed by atoms with Gasteiger partial charge in [0.15, 0.2) is 5.16 Å². The summed E-state index contributed by atoms with van der Waals surface area (Å²) in [6.07, 6.45) is 0.671. The van der Waals surface area contributed by atoms with Crippen LogP contribution in [0.3, 0.4) is 0 Å². The molecule has 2 aromatic rings. The van der Waals surface area contributed by atoms with Crippen molar-refractivity contribution in [2.45, 2.75) is 29.7 Å². The lowest BCUT2D eigenvalue weighted by atomic mass is 9.81. The molecule has 25 heavy (non-hydrogen) atoms. The molecular weight excluding hydrogens is 350 g/mol. The van der Waals surface area contributed by atoms with Gasteiger partial charge in [-0.15, -0.1) is 0 Å². The molecule has 0 N–H and O–H groups in total. The van der Waals surface area contributed by atoms with Gasteiger partial charge in [0.25, 0.3) is 0 Å². The van der Waals surface area contributed by atoms with E-state index in [1.54, 1.807) is 13.8 Å². The smallest absolute Gasteiger partial charge is 0.220 e. The van der Waals surface area contributed by atoms with Crippen LogP contribution in [0.4, 0.5) is 8.78 Å². The van der Waals surface area contributed by atoms with Crippen LogP contribution in [-0.4, -0.2) is 35.7 Å². The second-order valence-corrected chi connectivity index (χ2v) is 6.86. The van der Waals surface area contributed by atoms with Crippen LogP contribution in [0.2, 0.25) is 0 Å². The van der Waals surface area contributed by atoms with Gasteiger partial charge in [-0.1, -0.05) is 25.6 Å². The minimum Gasteiger partial charge on any atom is -0.481 e. The van der Waals surface area contributed by atoms with Crippen LogP contribution in [-0.2, 0) is 10.2 Å². The third-order valence-corrected chi connectivity index (χ3v) is 5.11. The molecule has 0 saturated heterocycles. The number of benzene rings is 1. The maximum atomic E-state index is 14.2. The lowest BCUT2D eigenvalue weighted by molar-refractivity contribution is -0.108. The Balaban J connectivity index is 2.39. The number of rotatable bonds is 7. The number of methoxy groups -OCH3 is 2. The van der Waals surface area contributed by atoms with Crippen LogP contribution in [0, 0.1) is 11.6 Å². The normalized spacial score (nSPS) is 12.6. The van der Waals surface area contributed by atoms with Gasteiger partial charge in [0.2, 0.25) is 11.8 Å². The van der Waals surface area contributed by atoms with Gasteiger partial charge in [0.05, 0.1) is 25.5 Å². The molecule has 1 aromatic heterocycles. The van der Waals surface area contributed by atoms with Crippen molar-refractivity contribution in [3.05, 3.63) is 41.5 Å². The van der Waals surface area contributed by atoms with Crippen LogP contribution in [0.1, 0.15) is 19.4 Å². The lowest BCUT2D eigenvalue weighted by Gasteiger charge is -2.30. The summed E-state index contributed by atoms with van der Waals surface area (Å²) in [6.45, 7) is 3.32. The molecule has 0 bridgehead atoms. The Morgan fingerprint density at radius 1 is 1.12 bits per heavy atom. The number of aromatic nitrogens is 2. The van der Waals surface area contributed by atoms with E-state index in [4.69, 9.17) is 9.47 Å². The zero-order chi connectivity index (χ0) is 18.6. The van der Waals surface area contributed by atoms with Crippen molar-refractivity contribution >= 4 is 18.0 Å². The first-order chi connectivity index (χ1) is 11.8. The largest absolute Gasteiger partial charge is 0.481 e. The molecule has 1 unspecified atom stereocenters. The first-order valence-electron chi connectivity index (χ1n) is 7.36. The van der Waals surface area contributed by atoms with E-state index in [0.29, 0.717) is 6.29 Å². The average Bonchev–Trinajstić information content (AvgIpc) is 2.60. The van der Waals surface area contributed by atoms with Crippen LogP contribution in [0.15, 0.2) is 29.4 Å². The predicted octanol–water partition coefficient (Wildman–Crippen LogP) is 3.41. The van der Waals surface area contributed by atoms with E-state index in [0.717, 1.165) is 30.0 Å². The van der Waals surface area contributed by atoms with Crippen molar-refractivity contribution in [2.75, 3.05) is 14.2 Å². The van der Waals surface area contributed by atoms with E-state index >= 15 is 0 Å². The fourth-order valence-electron chi connectivity index (χ4n) is 2.25. The molecule has 0 aliphatic carbocycles. The maximum Gasteiger partial charge on any atom is 0.220 e. The zero-order valence-corrected chi connectivity index (χ0v) is 15.1. The molecule has 134 valence electrons. The Kier molecular flexibility index (Phi) is 5.94. The van der Waals surface area contributed by atoms with Crippen LogP contribution >= 0.6 is 11.8 Å². The van der Waals surface area contributed by atoms with E-state index in [1.165, 1.54) is 20.3 Å². The van der Waals surface area contributed by atoms with E-state index < -0.39 is 22.3 Å². The Bertz CT molecular complexity index is 749. The zero-order valence-electron chi connectivity index (χ0n) is 14.2. The molecule has 5 nitrogen and oxygen atoms in total. The molecule has 0 spiro atoms. The highest BCUT2D eigenvalue weighted by Gasteiger charge is 2.35. The molecule has 0 aliphatic rings. The minimum atomic E-state index is -1.00. The molecule has 1 heterocycles. The van der Waals surface area contributed by atoms with Gasteiger partial charge in [0, 0.05) is 5.41 Å². The number of thioether (sulfide) groups is 1. The summed E-state index contributed by atoms with van der Waals surface area (Å²) in [6, 6.07) is 4.68. The van der Waals surface area contributed by atoms with Gasteiger partial charge in [0.1, 0.15) is 17.9 Å². The SMILES string of the molecule is COc1cc(OC)nc(SC(C=O)C(C)(C)c2cc(F)ccc2F)n1. The lowest BCUT2D eigenvalue weighted by Crippen LogP contribution is -2.33. The molecule has 0 fully saturated rings. The molecule has 0 aliphatic heterocycles.